The van der Waals surface area contributed by atoms with Gasteiger partial charge < -0.3 is 5.11 Å². The lowest BCUT2D eigenvalue weighted by molar-refractivity contribution is -0.0197. The average molecular weight is 220 g/mol. The summed E-state index contributed by atoms with van der Waals surface area (Å²) in [5.41, 5.74) is 2.94. The SMILES string of the molecule is C=C1CC/C=C(/C)[C@@H](O)C[C@@H]2C1CC2(C)C. The second-order valence-corrected chi connectivity index (χ2v) is 6.30. The van der Waals surface area contributed by atoms with Crippen LogP contribution in [0.5, 0.6) is 0 Å². The maximum absolute atomic E-state index is 10.2. The quantitative estimate of drug-likeness (QED) is 0.617. The molecule has 1 heteroatoms. The van der Waals surface area contributed by atoms with Crippen molar-refractivity contribution in [2.45, 2.75) is 52.6 Å². The summed E-state index contributed by atoms with van der Waals surface area (Å²) in [5.74, 6) is 1.28. The Morgan fingerprint density at radius 2 is 2.12 bits per heavy atom. The van der Waals surface area contributed by atoms with Crippen molar-refractivity contribution in [1.29, 1.82) is 0 Å². The molecule has 1 unspecified atom stereocenters. The average Bonchev–Trinajstić information content (AvgIpc) is 2.24. The van der Waals surface area contributed by atoms with E-state index < -0.39 is 0 Å². The van der Waals surface area contributed by atoms with E-state index in [9.17, 15) is 5.11 Å². The molecule has 3 atom stereocenters. The Balaban J connectivity index is 2.19. The molecule has 1 N–H and O–H groups in total. The lowest BCUT2D eigenvalue weighted by atomic mass is 9.52. The second kappa shape index (κ2) is 4.03. The summed E-state index contributed by atoms with van der Waals surface area (Å²) < 4.78 is 0. The van der Waals surface area contributed by atoms with E-state index in [1.54, 1.807) is 0 Å². The molecule has 2 rings (SSSR count). The molecule has 16 heavy (non-hydrogen) atoms. The highest BCUT2D eigenvalue weighted by Crippen LogP contribution is 2.56. The molecule has 0 radical (unpaired) electrons. The molecule has 0 amide bonds. The Bertz CT molecular complexity index is 324. The monoisotopic (exact) mass is 220 g/mol. The molecule has 0 aliphatic heterocycles. The predicted molar refractivity (Wildman–Crippen MR) is 68.1 cm³/mol. The van der Waals surface area contributed by atoms with E-state index in [4.69, 9.17) is 0 Å². The van der Waals surface area contributed by atoms with Gasteiger partial charge in [0.15, 0.2) is 0 Å². The van der Waals surface area contributed by atoms with E-state index in [-0.39, 0.29) is 6.10 Å². The Morgan fingerprint density at radius 3 is 2.75 bits per heavy atom. The molecule has 0 spiro atoms. The number of aliphatic hydroxyl groups excluding tert-OH is 1. The fraction of sp³-hybridized carbons (Fsp3) is 0.733. The van der Waals surface area contributed by atoms with Crippen LogP contribution in [0.15, 0.2) is 23.8 Å². The molecule has 0 saturated heterocycles. The number of rotatable bonds is 0. The third-order valence-electron chi connectivity index (χ3n) is 4.69. The maximum Gasteiger partial charge on any atom is 0.0750 e. The maximum atomic E-state index is 10.2. The minimum absolute atomic E-state index is 0.238. The van der Waals surface area contributed by atoms with Gasteiger partial charge in [-0.05, 0) is 55.4 Å². The molecule has 0 heterocycles. The van der Waals surface area contributed by atoms with Crippen molar-refractivity contribution in [1.82, 2.24) is 0 Å². The van der Waals surface area contributed by atoms with Gasteiger partial charge in [0.05, 0.1) is 6.10 Å². The van der Waals surface area contributed by atoms with Crippen molar-refractivity contribution < 1.29 is 5.11 Å². The van der Waals surface area contributed by atoms with Crippen LogP contribution < -0.4 is 0 Å². The van der Waals surface area contributed by atoms with E-state index in [2.05, 4.69) is 33.4 Å². The van der Waals surface area contributed by atoms with Gasteiger partial charge in [0, 0.05) is 0 Å². The highest BCUT2D eigenvalue weighted by Gasteiger charge is 2.48. The largest absolute Gasteiger partial charge is 0.389 e. The lowest BCUT2D eigenvalue weighted by Gasteiger charge is -2.53. The van der Waals surface area contributed by atoms with Gasteiger partial charge in [0.25, 0.3) is 0 Å². The van der Waals surface area contributed by atoms with E-state index in [1.807, 2.05) is 0 Å². The first kappa shape index (κ1) is 11.9. The molecule has 1 nitrogen and oxygen atoms in total. The Labute approximate surface area is 99.3 Å². The number of aliphatic hydroxyl groups is 1. The van der Waals surface area contributed by atoms with E-state index in [0.29, 0.717) is 17.3 Å². The third-order valence-corrected chi connectivity index (χ3v) is 4.69. The Kier molecular flexibility index (Phi) is 3.00. The fourth-order valence-electron chi connectivity index (χ4n) is 3.39. The summed E-state index contributed by atoms with van der Waals surface area (Å²) in [4.78, 5) is 0. The van der Waals surface area contributed by atoms with Crippen LogP contribution in [0.3, 0.4) is 0 Å². The molecule has 0 aromatic rings. The van der Waals surface area contributed by atoms with Crippen LogP contribution in [0, 0.1) is 17.3 Å². The van der Waals surface area contributed by atoms with Gasteiger partial charge in [-0.25, -0.2) is 0 Å². The smallest absolute Gasteiger partial charge is 0.0750 e. The van der Waals surface area contributed by atoms with Crippen LogP contribution in [-0.4, -0.2) is 11.2 Å². The van der Waals surface area contributed by atoms with Gasteiger partial charge in [-0.15, -0.1) is 0 Å². The normalized spacial score (nSPS) is 41.9. The van der Waals surface area contributed by atoms with Crippen LogP contribution in [0.2, 0.25) is 0 Å². The predicted octanol–water partition coefficient (Wildman–Crippen LogP) is 3.70. The summed E-state index contributed by atoms with van der Waals surface area (Å²) in [6, 6.07) is 0. The van der Waals surface area contributed by atoms with Crippen molar-refractivity contribution in [3.63, 3.8) is 0 Å². The van der Waals surface area contributed by atoms with E-state index in [1.165, 1.54) is 12.0 Å². The highest BCUT2D eigenvalue weighted by atomic mass is 16.3. The molecule has 1 saturated carbocycles. The van der Waals surface area contributed by atoms with Gasteiger partial charge in [0.1, 0.15) is 0 Å². The molecule has 0 aromatic carbocycles. The highest BCUT2D eigenvalue weighted by molar-refractivity contribution is 5.18. The Morgan fingerprint density at radius 1 is 1.44 bits per heavy atom. The van der Waals surface area contributed by atoms with Gasteiger partial charge >= 0.3 is 0 Å². The van der Waals surface area contributed by atoms with Crippen molar-refractivity contribution in [2.24, 2.45) is 17.3 Å². The van der Waals surface area contributed by atoms with Gasteiger partial charge in [0.2, 0.25) is 0 Å². The zero-order chi connectivity index (χ0) is 11.9. The van der Waals surface area contributed by atoms with Crippen LogP contribution in [0.1, 0.15) is 46.5 Å². The third kappa shape index (κ3) is 1.98. The van der Waals surface area contributed by atoms with Crippen LogP contribution in [-0.2, 0) is 0 Å². The minimum atomic E-state index is -0.238. The first-order valence-electron chi connectivity index (χ1n) is 6.44. The summed E-state index contributed by atoms with van der Waals surface area (Å²) in [5, 5.41) is 10.2. The van der Waals surface area contributed by atoms with E-state index in [0.717, 1.165) is 24.8 Å². The van der Waals surface area contributed by atoms with Crippen molar-refractivity contribution >= 4 is 0 Å². The van der Waals surface area contributed by atoms with Gasteiger partial charge in [-0.1, -0.05) is 32.1 Å². The molecule has 0 aromatic heterocycles. The van der Waals surface area contributed by atoms with Crippen molar-refractivity contribution in [2.75, 3.05) is 0 Å². The molecular formula is C15H24O. The summed E-state index contributed by atoms with van der Waals surface area (Å²) in [6.07, 6.45) is 6.26. The topological polar surface area (TPSA) is 20.2 Å². The van der Waals surface area contributed by atoms with Crippen LogP contribution in [0.25, 0.3) is 0 Å². The first-order valence-corrected chi connectivity index (χ1v) is 6.44. The Hall–Kier alpha value is -0.560. The molecule has 2 aliphatic carbocycles. The zero-order valence-electron chi connectivity index (χ0n) is 10.8. The number of fused-ring (bicyclic) bond motifs is 1. The fourth-order valence-corrected chi connectivity index (χ4v) is 3.39. The zero-order valence-corrected chi connectivity index (χ0v) is 10.8. The number of allylic oxidation sites excluding steroid dienone is 2. The molecular weight excluding hydrogens is 196 g/mol. The van der Waals surface area contributed by atoms with E-state index >= 15 is 0 Å². The number of hydrogen-bond donors (Lipinski definition) is 1. The standard InChI is InChI=1S/C15H24O/c1-10-6-5-7-11(2)14(16)8-13-12(10)9-15(13,3)4/h7,12-14,16H,1,5-6,8-9H2,2-4H3/b11-7-/t12?,13-,14+/m1/s1. The molecule has 90 valence electrons. The van der Waals surface area contributed by atoms with Crippen molar-refractivity contribution in [3.05, 3.63) is 23.8 Å². The molecule has 1 fully saturated rings. The van der Waals surface area contributed by atoms with Crippen molar-refractivity contribution in [3.8, 4) is 0 Å². The second-order valence-electron chi connectivity index (χ2n) is 6.30. The molecule has 0 bridgehead atoms. The summed E-state index contributed by atoms with van der Waals surface area (Å²) in [6.45, 7) is 10.9. The van der Waals surface area contributed by atoms with Gasteiger partial charge in [-0.3, -0.25) is 0 Å². The number of hydrogen-bond acceptors (Lipinski definition) is 1. The molecule has 2 aliphatic rings. The first-order chi connectivity index (χ1) is 7.42. The summed E-state index contributed by atoms with van der Waals surface area (Å²) in [7, 11) is 0. The van der Waals surface area contributed by atoms with Crippen LogP contribution >= 0.6 is 0 Å². The summed E-state index contributed by atoms with van der Waals surface area (Å²) >= 11 is 0. The van der Waals surface area contributed by atoms with Gasteiger partial charge in [-0.2, -0.15) is 0 Å². The van der Waals surface area contributed by atoms with Crippen LogP contribution in [0.4, 0.5) is 0 Å². The lowest BCUT2D eigenvalue weighted by Crippen LogP contribution is -2.46. The minimum Gasteiger partial charge on any atom is -0.389 e.